The van der Waals surface area contributed by atoms with E-state index in [9.17, 15) is 4.79 Å². The number of carbonyl (C=O) groups is 1. The molecule has 0 saturated carbocycles. The van der Waals surface area contributed by atoms with E-state index in [2.05, 4.69) is 31.2 Å². The number of aromatic nitrogens is 5. The summed E-state index contributed by atoms with van der Waals surface area (Å²) >= 11 is 0. The molecule has 180 valence electrons. The van der Waals surface area contributed by atoms with Crippen molar-refractivity contribution in [1.82, 2.24) is 30.7 Å². The van der Waals surface area contributed by atoms with Crippen LogP contribution in [0.5, 0.6) is 11.5 Å². The molecule has 1 amide bonds. The van der Waals surface area contributed by atoms with Crippen LogP contribution in [-0.2, 0) is 0 Å². The largest absolute Gasteiger partial charge is 0.494 e. The summed E-state index contributed by atoms with van der Waals surface area (Å²) in [5, 5.41) is 19.5. The Morgan fingerprint density at radius 1 is 1.09 bits per heavy atom. The second-order valence-corrected chi connectivity index (χ2v) is 7.25. The Kier molecular flexibility index (Phi) is 7.31. The van der Waals surface area contributed by atoms with Crippen LogP contribution in [0.4, 0.5) is 5.82 Å². The molecule has 0 fully saturated rings. The van der Waals surface area contributed by atoms with Crippen molar-refractivity contribution in [3.8, 4) is 28.6 Å². The molecule has 0 atom stereocenters. The van der Waals surface area contributed by atoms with Gasteiger partial charge in [-0.1, -0.05) is 12.1 Å². The van der Waals surface area contributed by atoms with Crippen molar-refractivity contribution in [2.24, 2.45) is 5.10 Å². The molecule has 0 aliphatic rings. The summed E-state index contributed by atoms with van der Waals surface area (Å²) in [6, 6.07) is 14.4. The maximum atomic E-state index is 13.0. The van der Waals surface area contributed by atoms with Gasteiger partial charge in [-0.25, -0.2) is 10.1 Å². The van der Waals surface area contributed by atoms with Crippen LogP contribution in [0.2, 0.25) is 0 Å². The van der Waals surface area contributed by atoms with Crippen LogP contribution in [0, 0.1) is 0 Å². The standard InChI is InChI=1S/C23H24N8O4/c1-3-13-34-18-11-7-16(8-12-18)20-19(26-30-31(20)22-21(24)28-35-29-22)23(32)27-25-14-15-5-9-17(10-6-15)33-4-2/h5-12,14H,3-4,13H2,1-2H3,(H2,24,28)(H,27,32). The van der Waals surface area contributed by atoms with Gasteiger partial charge in [-0.05, 0) is 77.8 Å². The number of benzene rings is 2. The number of ether oxygens (including phenoxy) is 2. The first-order valence-electron chi connectivity index (χ1n) is 10.9. The third-order valence-corrected chi connectivity index (χ3v) is 4.75. The zero-order valence-electron chi connectivity index (χ0n) is 19.2. The molecule has 3 N–H and O–H groups in total. The van der Waals surface area contributed by atoms with Gasteiger partial charge in [-0.3, -0.25) is 4.79 Å². The third kappa shape index (κ3) is 5.43. The number of hydrogen-bond donors (Lipinski definition) is 2. The molecule has 4 rings (SSSR count). The third-order valence-electron chi connectivity index (χ3n) is 4.75. The molecule has 12 heteroatoms. The van der Waals surface area contributed by atoms with Gasteiger partial charge in [-0.15, -0.1) is 5.10 Å². The van der Waals surface area contributed by atoms with E-state index in [4.69, 9.17) is 19.8 Å². The molecular formula is C23H24N8O4. The van der Waals surface area contributed by atoms with Gasteiger partial charge in [0.05, 0.1) is 19.4 Å². The first-order chi connectivity index (χ1) is 17.1. The Morgan fingerprint density at radius 2 is 1.80 bits per heavy atom. The maximum Gasteiger partial charge on any atom is 0.294 e. The van der Waals surface area contributed by atoms with E-state index in [0.717, 1.165) is 17.7 Å². The van der Waals surface area contributed by atoms with Crippen molar-refractivity contribution in [2.45, 2.75) is 20.3 Å². The molecule has 0 bridgehead atoms. The summed E-state index contributed by atoms with van der Waals surface area (Å²) in [7, 11) is 0. The fourth-order valence-electron chi connectivity index (χ4n) is 3.14. The van der Waals surface area contributed by atoms with Crippen molar-refractivity contribution < 1.29 is 18.9 Å². The highest BCUT2D eigenvalue weighted by Crippen LogP contribution is 2.28. The van der Waals surface area contributed by atoms with Gasteiger partial charge in [0.1, 0.15) is 17.2 Å². The van der Waals surface area contributed by atoms with Crippen LogP contribution in [0.15, 0.2) is 58.3 Å². The van der Waals surface area contributed by atoms with Crippen LogP contribution in [0.1, 0.15) is 36.3 Å². The van der Waals surface area contributed by atoms with Crippen LogP contribution < -0.4 is 20.6 Å². The average Bonchev–Trinajstić information content (AvgIpc) is 3.50. The van der Waals surface area contributed by atoms with Crippen molar-refractivity contribution in [1.29, 1.82) is 0 Å². The molecule has 4 aromatic rings. The minimum Gasteiger partial charge on any atom is -0.494 e. The number of carbonyl (C=O) groups excluding carboxylic acids is 1. The zero-order chi connectivity index (χ0) is 24.6. The molecule has 2 aromatic heterocycles. The Labute approximate surface area is 200 Å². The van der Waals surface area contributed by atoms with Gasteiger partial charge < -0.3 is 15.2 Å². The minimum absolute atomic E-state index is 0.000437. The van der Waals surface area contributed by atoms with Gasteiger partial charge in [0, 0.05) is 5.56 Å². The minimum atomic E-state index is -0.574. The second kappa shape index (κ2) is 10.9. The molecular weight excluding hydrogens is 452 g/mol. The molecule has 0 radical (unpaired) electrons. The fourth-order valence-corrected chi connectivity index (χ4v) is 3.14. The van der Waals surface area contributed by atoms with Crippen LogP contribution in [0.25, 0.3) is 17.1 Å². The van der Waals surface area contributed by atoms with E-state index in [-0.39, 0.29) is 17.3 Å². The number of nitrogens with one attached hydrogen (secondary N) is 1. The number of amides is 1. The lowest BCUT2D eigenvalue weighted by atomic mass is 10.1. The van der Waals surface area contributed by atoms with Gasteiger partial charge in [0.2, 0.25) is 11.6 Å². The summed E-state index contributed by atoms with van der Waals surface area (Å²) < 4.78 is 17.0. The summed E-state index contributed by atoms with van der Waals surface area (Å²) in [5.41, 5.74) is 10.1. The van der Waals surface area contributed by atoms with Crippen molar-refractivity contribution >= 4 is 17.9 Å². The van der Waals surface area contributed by atoms with E-state index in [1.165, 1.54) is 10.9 Å². The quantitative estimate of drug-likeness (QED) is 0.259. The number of nitrogen functional groups attached to an aromatic ring is 1. The lowest BCUT2D eigenvalue weighted by molar-refractivity contribution is 0.0950. The fraction of sp³-hybridized carbons (Fsp3) is 0.217. The normalized spacial score (nSPS) is 11.0. The van der Waals surface area contributed by atoms with Crippen molar-refractivity contribution in [3.63, 3.8) is 0 Å². The molecule has 0 aliphatic carbocycles. The average molecular weight is 476 g/mol. The molecule has 2 heterocycles. The van der Waals surface area contributed by atoms with Crippen LogP contribution in [-0.4, -0.2) is 50.6 Å². The highest BCUT2D eigenvalue weighted by molar-refractivity contribution is 5.98. The molecule has 35 heavy (non-hydrogen) atoms. The second-order valence-electron chi connectivity index (χ2n) is 7.25. The van der Waals surface area contributed by atoms with Gasteiger partial charge in [0.25, 0.3) is 5.91 Å². The number of nitrogens with zero attached hydrogens (tertiary/aromatic N) is 6. The Balaban J connectivity index is 1.60. The van der Waals surface area contributed by atoms with Gasteiger partial charge >= 0.3 is 0 Å². The lowest BCUT2D eigenvalue weighted by Gasteiger charge is -2.08. The smallest absolute Gasteiger partial charge is 0.294 e. The Morgan fingerprint density at radius 3 is 2.46 bits per heavy atom. The molecule has 0 unspecified atom stereocenters. The number of rotatable bonds is 10. The number of anilines is 1. The first-order valence-corrected chi connectivity index (χ1v) is 10.9. The highest BCUT2D eigenvalue weighted by Gasteiger charge is 2.25. The molecule has 0 spiro atoms. The Bertz CT molecular complexity index is 1300. The zero-order valence-corrected chi connectivity index (χ0v) is 19.2. The van der Waals surface area contributed by atoms with E-state index in [1.54, 1.807) is 24.3 Å². The van der Waals surface area contributed by atoms with Crippen molar-refractivity contribution in [2.75, 3.05) is 18.9 Å². The monoisotopic (exact) mass is 476 g/mol. The predicted octanol–water partition coefficient (Wildman–Crippen LogP) is 2.85. The van der Waals surface area contributed by atoms with E-state index >= 15 is 0 Å². The molecule has 2 aromatic carbocycles. The number of hydrogen-bond acceptors (Lipinski definition) is 10. The molecule has 0 aliphatic heterocycles. The summed E-state index contributed by atoms with van der Waals surface area (Å²) in [6.45, 7) is 5.12. The topological polar surface area (TPSA) is 156 Å². The SMILES string of the molecule is CCCOc1ccc(-c2c(C(=O)NN=Cc3ccc(OCC)cc3)nnn2-c2nonc2N)cc1. The van der Waals surface area contributed by atoms with E-state index in [0.29, 0.717) is 30.2 Å². The van der Waals surface area contributed by atoms with Gasteiger partial charge in [-0.2, -0.15) is 9.78 Å². The Hall–Kier alpha value is -4.74. The number of hydrazone groups is 1. The summed E-state index contributed by atoms with van der Waals surface area (Å²) in [5.74, 6) is 0.982. The van der Waals surface area contributed by atoms with Crippen LogP contribution >= 0.6 is 0 Å². The van der Waals surface area contributed by atoms with Crippen molar-refractivity contribution in [3.05, 3.63) is 59.8 Å². The summed E-state index contributed by atoms with van der Waals surface area (Å²) in [6.07, 6.45) is 2.40. The number of nitrogens with two attached hydrogens (primary N) is 1. The van der Waals surface area contributed by atoms with E-state index < -0.39 is 5.91 Å². The molecule has 12 nitrogen and oxygen atoms in total. The highest BCUT2D eigenvalue weighted by atomic mass is 16.6. The molecule has 0 saturated heterocycles. The van der Waals surface area contributed by atoms with Gasteiger partial charge in [0.15, 0.2) is 5.69 Å². The predicted molar refractivity (Wildman–Crippen MR) is 128 cm³/mol. The van der Waals surface area contributed by atoms with Crippen LogP contribution in [0.3, 0.4) is 0 Å². The first kappa shape index (κ1) is 23.4. The van der Waals surface area contributed by atoms with E-state index in [1.807, 2.05) is 38.1 Å². The lowest BCUT2D eigenvalue weighted by Crippen LogP contribution is -2.19. The maximum absolute atomic E-state index is 13.0. The summed E-state index contributed by atoms with van der Waals surface area (Å²) in [4.78, 5) is 13.0.